The molecule has 0 bridgehead atoms. The first-order chi connectivity index (χ1) is 13.2. The fourth-order valence-electron chi connectivity index (χ4n) is 3.34. The minimum atomic E-state index is -0.138. The summed E-state index contributed by atoms with van der Waals surface area (Å²) in [4.78, 5) is 30.7. The van der Waals surface area contributed by atoms with E-state index in [-0.39, 0.29) is 23.7 Å². The van der Waals surface area contributed by atoms with Gasteiger partial charge in [-0.05, 0) is 49.8 Å². The molecule has 1 aromatic heterocycles. The van der Waals surface area contributed by atoms with E-state index >= 15 is 0 Å². The molecule has 0 aliphatic heterocycles. The third kappa shape index (κ3) is 5.39. The Hall–Kier alpha value is -2.69. The molecule has 1 aliphatic rings. The second-order valence-corrected chi connectivity index (χ2v) is 6.94. The van der Waals surface area contributed by atoms with Gasteiger partial charge in [0.1, 0.15) is 0 Å². The van der Waals surface area contributed by atoms with E-state index in [0.29, 0.717) is 25.3 Å². The molecular formula is C22H26N2O3. The van der Waals surface area contributed by atoms with Crippen LogP contribution in [0.1, 0.15) is 35.7 Å². The Kier molecular flexibility index (Phi) is 6.58. The Balaban J connectivity index is 1.60. The molecule has 1 aromatic carbocycles. The summed E-state index contributed by atoms with van der Waals surface area (Å²) in [7, 11) is 0. The van der Waals surface area contributed by atoms with Crippen molar-refractivity contribution in [1.82, 2.24) is 9.88 Å². The summed E-state index contributed by atoms with van der Waals surface area (Å²) >= 11 is 0. The van der Waals surface area contributed by atoms with Gasteiger partial charge >= 0.3 is 5.97 Å². The van der Waals surface area contributed by atoms with Crippen molar-refractivity contribution in [3.8, 4) is 0 Å². The maximum absolute atomic E-state index is 12.9. The first-order valence-corrected chi connectivity index (χ1v) is 9.59. The zero-order chi connectivity index (χ0) is 19.1. The van der Waals surface area contributed by atoms with Gasteiger partial charge in [0.05, 0.1) is 18.1 Å². The Labute approximate surface area is 160 Å². The summed E-state index contributed by atoms with van der Waals surface area (Å²) in [6.45, 7) is 3.47. The number of hydrogen-bond donors (Lipinski definition) is 0. The molecule has 27 heavy (non-hydrogen) atoms. The van der Waals surface area contributed by atoms with Crippen LogP contribution in [0.15, 0.2) is 54.9 Å². The average molecular weight is 366 g/mol. The second-order valence-electron chi connectivity index (χ2n) is 6.94. The summed E-state index contributed by atoms with van der Waals surface area (Å²) in [5.74, 6) is -0.0316. The molecule has 1 aliphatic carbocycles. The van der Waals surface area contributed by atoms with Crippen molar-refractivity contribution in [2.45, 2.75) is 26.2 Å². The zero-order valence-electron chi connectivity index (χ0n) is 15.7. The number of carbonyl (C=O) groups is 2. The highest BCUT2D eigenvalue weighted by Gasteiger charge is 2.45. The quantitative estimate of drug-likeness (QED) is 0.639. The molecule has 0 spiro atoms. The molecule has 1 fully saturated rings. The normalized spacial score (nSPS) is 18.0. The number of aryl methyl sites for hydroxylation is 1. The van der Waals surface area contributed by atoms with Crippen LogP contribution in [0.2, 0.25) is 0 Å². The van der Waals surface area contributed by atoms with Crippen LogP contribution in [0, 0.1) is 11.8 Å². The maximum Gasteiger partial charge on any atom is 0.309 e. The average Bonchev–Trinajstić information content (AvgIpc) is 3.48. The van der Waals surface area contributed by atoms with Crippen molar-refractivity contribution in [2.75, 3.05) is 19.7 Å². The van der Waals surface area contributed by atoms with Crippen LogP contribution in [-0.4, -0.2) is 41.5 Å². The Bertz CT molecular complexity index is 749. The van der Waals surface area contributed by atoms with Crippen LogP contribution in [-0.2, 0) is 16.0 Å². The lowest BCUT2D eigenvalue weighted by molar-refractivity contribution is -0.145. The fraction of sp³-hybridized carbons (Fsp3) is 0.409. The van der Waals surface area contributed by atoms with Crippen LogP contribution in [0.25, 0.3) is 0 Å². The molecule has 1 amide bonds. The van der Waals surface area contributed by atoms with Crippen molar-refractivity contribution in [2.24, 2.45) is 11.8 Å². The van der Waals surface area contributed by atoms with E-state index in [1.807, 2.05) is 30.0 Å². The van der Waals surface area contributed by atoms with E-state index in [2.05, 4.69) is 17.1 Å². The van der Waals surface area contributed by atoms with Gasteiger partial charge < -0.3 is 9.64 Å². The largest absolute Gasteiger partial charge is 0.466 e. The molecule has 1 saturated carbocycles. The van der Waals surface area contributed by atoms with E-state index in [4.69, 9.17) is 4.74 Å². The molecule has 2 aromatic rings. The summed E-state index contributed by atoms with van der Waals surface area (Å²) in [6.07, 6.45) is 5.86. The number of esters is 1. The lowest BCUT2D eigenvalue weighted by Crippen LogP contribution is -2.34. The van der Waals surface area contributed by atoms with Gasteiger partial charge in [-0.3, -0.25) is 14.6 Å². The van der Waals surface area contributed by atoms with Crippen LogP contribution < -0.4 is 0 Å². The monoisotopic (exact) mass is 366 g/mol. The molecule has 0 unspecified atom stereocenters. The van der Waals surface area contributed by atoms with Crippen LogP contribution in [0.4, 0.5) is 0 Å². The first kappa shape index (κ1) is 19.1. The lowest BCUT2D eigenvalue weighted by Gasteiger charge is -2.23. The second kappa shape index (κ2) is 9.31. The van der Waals surface area contributed by atoms with E-state index in [0.717, 1.165) is 19.3 Å². The number of benzene rings is 1. The lowest BCUT2D eigenvalue weighted by atomic mass is 10.1. The van der Waals surface area contributed by atoms with Crippen LogP contribution >= 0.6 is 0 Å². The standard InChI is InChI=1S/C22H26N2O3/c1-2-27-22(26)20-14-19(20)16-24(21(25)18-11-6-12-23-15-18)13-7-10-17-8-4-3-5-9-17/h3-6,8-9,11-12,15,19-20H,2,7,10,13-14,16H2,1H3/t19-,20+/m0/s1. The number of hydrogen-bond acceptors (Lipinski definition) is 4. The van der Waals surface area contributed by atoms with Gasteiger partial charge in [0.15, 0.2) is 0 Å². The number of rotatable bonds is 9. The van der Waals surface area contributed by atoms with Gasteiger partial charge in [-0.1, -0.05) is 30.3 Å². The molecule has 1 heterocycles. The molecule has 3 rings (SSSR count). The van der Waals surface area contributed by atoms with Gasteiger partial charge in [-0.2, -0.15) is 0 Å². The predicted molar refractivity (Wildman–Crippen MR) is 103 cm³/mol. The highest BCUT2D eigenvalue weighted by atomic mass is 16.5. The molecule has 5 nitrogen and oxygen atoms in total. The molecule has 0 N–H and O–H groups in total. The molecule has 0 saturated heterocycles. The van der Waals surface area contributed by atoms with Crippen molar-refractivity contribution in [1.29, 1.82) is 0 Å². The number of ether oxygens (including phenoxy) is 1. The molecular weight excluding hydrogens is 340 g/mol. The minimum Gasteiger partial charge on any atom is -0.466 e. The van der Waals surface area contributed by atoms with Gasteiger partial charge in [-0.25, -0.2) is 0 Å². The summed E-state index contributed by atoms with van der Waals surface area (Å²) in [5.41, 5.74) is 1.85. The van der Waals surface area contributed by atoms with Gasteiger partial charge in [-0.15, -0.1) is 0 Å². The molecule has 142 valence electrons. The topological polar surface area (TPSA) is 59.5 Å². The van der Waals surface area contributed by atoms with E-state index in [1.165, 1.54) is 5.56 Å². The number of nitrogens with zero attached hydrogens (tertiary/aromatic N) is 2. The van der Waals surface area contributed by atoms with Crippen LogP contribution in [0.3, 0.4) is 0 Å². The number of pyridine rings is 1. The third-order valence-corrected chi connectivity index (χ3v) is 4.90. The van der Waals surface area contributed by atoms with E-state index in [9.17, 15) is 9.59 Å². The summed E-state index contributed by atoms with van der Waals surface area (Å²) < 4.78 is 5.11. The van der Waals surface area contributed by atoms with E-state index < -0.39 is 0 Å². The first-order valence-electron chi connectivity index (χ1n) is 9.59. The third-order valence-electron chi connectivity index (χ3n) is 4.90. The maximum atomic E-state index is 12.9. The number of carbonyl (C=O) groups excluding carboxylic acids is 2. The van der Waals surface area contributed by atoms with Gasteiger partial charge in [0, 0.05) is 25.5 Å². The smallest absolute Gasteiger partial charge is 0.309 e. The molecule has 5 heteroatoms. The Morgan fingerprint density at radius 3 is 2.70 bits per heavy atom. The van der Waals surface area contributed by atoms with Crippen molar-refractivity contribution < 1.29 is 14.3 Å². The SMILES string of the molecule is CCOC(=O)[C@@H]1C[C@H]1CN(CCCc1ccccc1)C(=O)c1cccnc1. The Morgan fingerprint density at radius 1 is 1.19 bits per heavy atom. The molecule has 2 atom stereocenters. The van der Waals surface area contributed by atoms with E-state index in [1.54, 1.807) is 24.5 Å². The number of amides is 1. The fourth-order valence-corrected chi connectivity index (χ4v) is 3.34. The van der Waals surface area contributed by atoms with Crippen molar-refractivity contribution in [3.63, 3.8) is 0 Å². The molecule has 0 radical (unpaired) electrons. The Morgan fingerprint density at radius 2 is 2.00 bits per heavy atom. The summed E-state index contributed by atoms with van der Waals surface area (Å²) in [5, 5.41) is 0. The van der Waals surface area contributed by atoms with Crippen molar-refractivity contribution in [3.05, 3.63) is 66.0 Å². The van der Waals surface area contributed by atoms with Gasteiger partial charge in [0.25, 0.3) is 5.91 Å². The van der Waals surface area contributed by atoms with Gasteiger partial charge in [0.2, 0.25) is 0 Å². The predicted octanol–water partition coefficient (Wildman–Crippen LogP) is 3.36. The number of aromatic nitrogens is 1. The van der Waals surface area contributed by atoms with Crippen LogP contribution in [0.5, 0.6) is 0 Å². The highest BCUT2D eigenvalue weighted by Crippen LogP contribution is 2.40. The zero-order valence-corrected chi connectivity index (χ0v) is 15.7. The minimum absolute atomic E-state index is 0.0225. The summed E-state index contributed by atoms with van der Waals surface area (Å²) in [6, 6.07) is 13.8. The van der Waals surface area contributed by atoms with Crippen molar-refractivity contribution >= 4 is 11.9 Å². The highest BCUT2D eigenvalue weighted by molar-refractivity contribution is 5.94.